The zero-order chi connectivity index (χ0) is 16.8. The standard InChI is InChI=1S/C19H22N2O3/c20-14-19(9-11-23-12-10-19)18(22)21-15-5-4-8-17(13-15)24-16-6-2-1-3-7-16/h1-8,13H,9-12,14,20H2,(H,21,22). The Morgan fingerprint density at radius 3 is 2.50 bits per heavy atom. The van der Waals surface area contributed by atoms with Gasteiger partial charge in [0.25, 0.3) is 0 Å². The van der Waals surface area contributed by atoms with Gasteiger partial charge >= 0.3 is 0 Å². The average Bonchev–Trinajstić information content (AvgIpc) is 2.63. The van der Waals surface area contributed by atoms with E-state index in [2.05, 4.69) is 5.32 Å². The molecule has 0 unspecified atom stereocenters. The van der Waals surface area contributed by atoms with E-state index in [-0.39, 0.29) is 5.91 Å². The summed E-state index contributed by atoms with van der Waals surface area (Å²) in [7, 11) is 0. The molecule has 5 nitrogen and oxygen atoms in total. The summed E-state index contributed by atoms with van der Waals surface area (Å²) in [5.74, 6) is 1.38. The summed E-state index contributed by atoms with van der Waals surface area (Å²) in [6.45, 7) is 1.46. The smallest absolute Gasteiger partial charge is 0.232 e. The maximum Gasteiger partial charge on any atom is 0.232 e. The average molecular weight is 326 g/mol. The lowest BCUT2D eigenvalue weighted by atomic mass is 9.79. The first-order valence-corrected chi connectivity index (χ1v) is 8.14. The molecule has 0 spiro atoms. The highest BCUT2D eigenvalue weighted by atomic mass is 16.5. The lowest BCUT2D eigenvalue weighted by Gasteiger charge is -2.34. The molecule has 5 heteroatoms. The molecule has 1 fully saturated rings. The Kier molecular flexibility index (Phi) is 5.13. The Hall–Kier alpha value is -2.37. The normalized spacial score (nSPS) is 16.4. The highest BCUT2D eigenvalue weighted by molar-refractivity contribution is 5.95. The summed E-state index contributed by atoms with van der Waals surface area (Å²) in [5.41, 5.74) is 6.04. The number of anilines is 1. The van der Waals surface area contributed by atoms with Crippen molar-refractivity contribution < 1.29 is 14.3 Å². The second-order valence-electron chi connectivity index (χ2n) is 5.99. The third kappa shape index (κ3) is 3.75. The Balaban J connectivity index is 1.71. The minimum absolute atomic E-state index is 0.0508. The van der Waals surface area contributed by atoms with Crippen molar-refractivity contribution >= 4 is 11.6 Å². The van der Waals surface area contributed by atoms with Crippen molar-refractivity contribution in [3.05, 3.63) is 54.6 Å². The van der Waals surface area contributed by atoms with E-state index in [0.717, 1.165) is 5.75 Å². The number of hydrogen-bond acceptors (Lipinski definition) is 4. The van der Waals surface area contributed by atoms with Crippen LogP contribution in [0.1, 0.15) is 12.8 Å². The van der Waals surface area contributed by atoms with Crippen LogP contribution in [0, 0.1) is 5.41 Å². The van der Waals surface area contributed by atoms with Crippen molar-refractivity contribution in [3.63, 3.8) is 0 Å². The van der Waals surface area contributed by atoms with E-state index in [9.17, 15) is 4.79 Å². The summed E-state index contributed by atoms with van der Waals surface area (Å²) in [4.78, 5) is 12.7. The lowest BCUT2D eigenvalue weighted by Crippen LogP contribution is -2.46. The van der Waals surface area contributed by atoms with Crippen molar-refractivity contribution in [2.75, 3.05) is 25.1 Å². The highest BCUT2D eigenvalue weighted by Gasteiger charge is 2.38. The van der Waals surface area contributed by atoms with Gasteiger partial charge in [0.1, 0.15) is 11.5 Å². The molecule has 3 N–H and O–H groups in total. The monoisotopic (exact) mass is 326 g/mol. The van der Waals surface area contributed by atoms with Crippen molar-refractivity contribution in [3.8, 4) is 11.5 Å². The van der Waals surface area contributed by atoms with Crippen LogP contribution in [0.5, 0.6) is 11.5 Å². The highest BCUT2D eigenvalue weighted by Crippen LogP contribution is 2.31. The number of rotatable bonds is 5. The Morgan fingerprint density at radius 1 is 1.08 bits per heavy atom. The Labute approximate surface area is 141 Å². The van der Waals surface area contributed by atoms with Crippen molar-refractivity contribution in [2.24, 2.45) is 11.1 Å². The van der Waals surface area contributed by atoms with Gasteiger partial charge < -0.3 is 20.5 Å². The van der Waals surface area contributed by atoms with Gasteiger partial charge in [-0.2, -0.15) is 0 Å². The van der Waals surface area contributed by atoms with E-state index < -0.39 is 5.41 Å². The van der Waals surface area contributed by atoms with E-state index in [1.807, 2.05) is 54.6 Å². The van der Waals surface area contributed by atoms with Crippen LogP contribution in [0.3, 0.4) is 0 Å². The summed E-state index contributed by atoms with van der Waals surface area (Å²) < 4.78 is 11.2. The van der Waals surface area contributed by atoms with Crippen LogP contribution >= 0.6 is 0 Å². The number of carbonyl (C=O) groups excluding carboxylic acids is 1. The third-order valence-electron chi connectivity index (χ3n) is 4.39. The molecule has 2 aromatic carbocycles. The number of para-hydroxylation sites is 1. The predicted octanol–water partition coefficient (Wildman–Crippen LogP) is 3.17. The van der Waals surface area contributed by atoms with Gasteiger partial charge in [0.05, 0.1) is 5.41 Å². The van der Waals surface area contributed by atoms with Crippen molar-refractivity contribution in [2.45, 2.75) is 12.8 Å². The fourth-order valence-corrected chi connectivity index (χ4v) is 2.81. The summed E-state index contributed by atoms with van der Waals surface area (Å²) in [6, 6.07) is 16.9. The van der Waals surface area contributed by atoms with Crippen LogP contribution < -0.4 is 15.8 Å². The molecule has 3 rings (SSSR count). The van der Waals surface area contributed by atoms with Gasteiger partial charge in [-0.15, -0.1) is 0 Å². The van der Waals surface area contributed by atoms with Crippen LogP contribution in [0.15, 0.2) is 54.6 Å². The van der Waals surface area contributed by atoms with Crippen LogP contribution in [-0.2, 0) is 9.53 Å². The number of nitrogens with two attached hydrogens (primary N) is 1. The second kappa shape index (κ2) is 7.47. The van der Waals surface area contributed by atoms with Gasteiger partial charge in [-0.05, 0) is 37.1 Å². The SMILES string of the molecule is NCC1(C(=O)Nc2cccc(Oc3ccccc3)c2)CCOCC1. The number of ether oxygens (including phenoxy) is 2. The van der Waals surface area contributed by atoms with E-state index in [1.54, 1.807) is 0 Å². The molecule has 0 saturated carbocycles. The van der Waals surface area contributed by atoms with Crippen LogP contribution in [0.4, 0.5) is 5.69 Å². The lowest BCUT2D eigenvalue weighted by molar-refractivity contribution is -0.130. The molecule has 1 saturated heterocycles. The number of nitrogens with one attached hydrogen (secondary N) is 1. The fourth-order valence-electron chi connectivity index (χ4n) is 2.81. The van der Waals surface area contributed by atoms with Crippen molar-refractivity contribution in [1.82, 2.24) is 0 Å². The van der Waals surface area contributed by atoms with Gasteiger partial charge in [-0.25, -0.2) is 0 Å². The minimum Gasteiger partial charge on any atom is -0.457 e. The van der Waals surface area contributed by atoms with Gasteiger partial charge in [-0.1, -0.05) is 24.3 Å². The topological polar surface area (TPSA) is 73.6 Å². The van der Waals surface area contributed by atoms with Gasteiger partial charge in [0, 0.05) is 31.5 Å². The molecule has 126 valence electrons. The van der Waals surface area contributed by atoms with E-state index in [0.29, 0.717) is 44.0 Å². The third-order valence-corrected chi connectivity index (χ3v) is 4.39. The molecule has 2 aromatic rings. The number of benzene rings is 2. The molecule has 1 heterocycles. The zero-order valence-electron chi connectivity index (χ0n) is 13.5. The number of carbonyl (C=O) groups is 1. The molecule has 1 amide bonds. The molecule has 1 aliphatic heterocycles. The van der Waals surface area contributed by atoms with Gasteiger partial charge in [0.2, 0.25) is 5.91 Å². The number of hydrogen-bond donors (Lipinski definition) is 2. The first kappa shape index (κ1) is 16.5. The van der Waals surface area contributed by atoms with Crippen molar-refractivity contribution in [1.29, 1.82) is 0 Å². The maximum atomic E-state index is 12.7. The zero-order valence-corrected chi connectivity index (χ0v) is 13.5. The number of amides is 1. The quantitative estimate of drug-likeness (QED) is 0.885. The molecule has 0 atom stereocenters. The fraction of sp³-hybridized carbons (Fsp3) is 0.316. The van der Waals surface area contributed by atoms with Crippen LogP contribution in [-0.4, -0.2) is 25.7 Å². The minimum atomic E-state index is -0.547. The maximum absolute atomic E-state index is 12.7. The molecule has 24 heavy (non-hydrogen) atoms. The van der Waals surface area contributed by atoms with E-state index in [1.165, 1.54) is 0 Å². The predicted molar refractivity (Wildman–Crippen MR) is 93.1 cm³/mol. The first-order chi connectivity index (χ1) is 11.7. The second-order valence-corrected chi connectivity index (χ2v) is 5.99. The molecule has 0 bridgehead atoms. The van der Waals surface area contributed by atoms with Gasteiger partial charge in [0.15, 0.2) is 0 Å². The van der Waals surface area contributed by atoms with E-state index >= 15 is 0 Å². The van der Waals surface area contributed by atoms with Crippen LogP contribution in [0.2, 0.25) is 0 Å². The Bertz CT molecular complexity index is 682. The molecule has 1 aliphatic rings. The molecule has 0 radical (unpaired) electrons. The summed E-state index contributed by atoms with van der Waals surface area (Å²) in [6.07, 6.45) is 1.30. The molecular weight excluding hydrogens is 304 g/mol. The van der Waals surface area contributed by atoms with E-state index in [4.69, 9.17) is 15.2 Å². The molecular formula is C19H22N2O3. The summed E-state index contributed by atoms with van der Waals surface area (Å²) in [5, 5.41) is 2.98. The molecule has 0 aromatic heterocycles. The molecule has 0 aliphatic carbocycles. The van der Waals surface area contributed by atoms with Crippen LogP contribution in [0.25, 0.3) is 0 Å². The Morgan fingerprint density at radius 2 is 1.79 bits per heavy atom. The summed E-state index contributed by atoms with van der Waals surface area (Å²) >= 11 is 0. The largest absolute Gasteiger partial charge is 0.457 e. The van der Waals surface area contributed by atoms with Gasteiger partial charge in [-0.3, -0.25) is 4.79 Å². The first-order valence-electron chi connectivity index (χ1n) is 8.14.